The minimum atomic E-state index is -0.636. The van der Waals surface area contributed by atoms with E-state index in [1.807, 2.05) is 43.3 Å². The van der Waals surface area contributed by atoms with E-state index < -0.39 is 24.1 Å². The first-order valence-electron chi connectivity index (χ1n) is 9.09. The summed E-state index contributed by atoms with van der Waals surface area (Å²) in [5, 5.41) is 8.24. The van der Waals surface area contributed by atoms with Crippen molar-refractivity contribution in [2.24, 2.45) is 5.10 Å². The summed E-state index contributed by atoms with van der Waals surface area (Å²) in [5.41, 5.74) is 3.06. The second-order valence-corrected chi connectivity index (χ2v) is 6.13. The maximum Gasteiger partial charge on any atom is 0.249 e. The zero-order chi connectivity index (χ0) is 20.6. The summed E-state index contributed by atoms with van der Waals surface area (Å²) in [4.78, 5) is 23.9. The molecule has 0 atom stereocenters. The van der Waals surface area contributed by atoms with E-state index in [9.17, 15) is 14.0 Å². The molecule has 0 aromatic heterocycles. The fraction of sp³-hybridized carbons (Fsp3) is 0.136. The van der Waals surface area contributed by atoms with Gasteiger partial charge in [0.05, 0.1) is 18.5 Å². The fourth-order valence-corrected chi connectivity index (χ4v) is 2.80. The van der Waals surface area contributed by atoms with E-state index >= 15 is 0 Å². The van der Waals surface area contributed by atoms with E-state index in [4.69, 9.17) is 4.74 Å². The molecule has 148 valence electrons. The highest BCUT2D eigenvalue weighted by Gasteiger charge is 2.11. The number of fused-ring (bicyclic) bond motifs is 1. The van der Waals surface area contributed by atoms with Crippen molar-refractivity contribution in [3.63, 3.8) is 0 Å². The third-order valence-electron chi connectivity index (χ3n) is 4.08. The third-order valence-corrected chi connectivity index (χ3v) is 4.08. The molecule has 0 spiro atoms. The number of nitrogens with zero attached hydrogens (tertiary/aromatic N) is 1. The molecule has 2 amide bonds. The third kappa shape index (κ3) is 5.16. The van der Waals surface area contributed by atoms with Crippen LogP contribution in [-0.2, 0) is 9.59 Å². The molecule has 0 saturated heterocycles. The molecule has 0 aliphatic rings. The topological polar surface area (TPSA) is 79.8 Å². The molecule has 0 saturated carbocycles. The molecule has 7 heteroatoms. The Balaban J connectivity index is 1.66. The van der Waals surface area contributed by atoms with Gasteiger partial charge in [0.15, 0.2) is 0 Å². The first kappa shape index (κ1) is 20.0. The van der Waals surface area contributed by atoms with Crippen LogP contribution in [-0.4, -0.2) is 24.6 Å². The van der Waals surface area contributed by atoms with E-state index in [-0.39, 0.29) is 5.69 Å². The molecule has 0 aliphatic heterocycles. The van der Waals surface area contributed by atoms with Crippen LogP contribution in [0.3, 0.4) is 0 Å². The Bertz CT molecular complexity index is 1070. The van der Waals surface area contributed by atoms with Gasteiger partial charge in [-0.25, -0.2) is 9.82 Å². The van der Waals surface area contributed by atoms with Crippen molar-refractivity contribution in [3.05, 3.63) is 72.0 Å². The molecule has 0 heterocycles. The molecular weight excluding hydrogens is 373 g/mol. The van der Waals surface area contributed by atoms with Crippen molar-refractivity contribution in [2.45, 2.75) is 13.3 Å². The van der Waals surface area contributed by atoms with Gasteiger partial charge in [-0.05, 0) is 35.9 Å². The molecule has 3 aromatic carbocycles. The number of carbonyl (C=O) groups excluding carboxylic acids is 2. The summed E-state index contributed by atoms with van der Waals surface area (Å²) in [7, 11) is 0. The second kappa shape index (κ2) is 9.45. The molecule has 0 unspecified atom stereocenters. The van der Waals surface area contributed by atoms with Crippen molar-refractivity contribution in [1.29, 1.82) is 0 Å². The van der Waals surface area contributed by atoms with Gasteiger partial charge in [-0.1, -0.05) is 42.5 Å². The number of ether oxygens (including phenoxy) is 1. The van der Waals surface area contributed by atoms with Gasteiger partial charge in [0.1, 0.15) is 18.0 Å². The van der Waals surface area contributed by atoms with Crippen LogP contribution in [0.1, 0.15) is 18.9 Å². The lowest BCUT2D eigenvalue weighted by Gasteiger charge is -2.10. The first-order chi connectivity index (χ1) is 14.1. The molecule has 0 fully saturated rings. The first-order valence-corrected chi connectivity index (χ1v) is 9.09. The summed E-state index contributed by atoms with van der Waals surface area (Å²) < 4.78 is 19.2. The van der Waals surface area contributed by atoms with Crippen molar-refractivity contribution in [3.8, 4) is 5.75 Å². The molecular formula is C22H20FN3O3. The molecule has 6 nitrogen and oxygen atoms in total. The number of anilines is 1. The Morgan fingerprint density at radius 3 is 2.59 bits per heavy atom. The van der Waals surface area contributed by atoms with Gasteiger partial charge >= 0.3 is 0 Å². The van der Waals surface area contributed by atoms with Gasteiger partial charge in [-0.2, -0.15) is 5.10 Å². The van der Waals surface area contributed by atoms with Crippen LogP contribution in [0.2, 0.25) is 0 Å². The van der Waals surface area contributed by atoms with Gasteiger partial charge in [0.2, 0.25) is 11.8 Å². The van der Waals surface area contributed by atoms with Gasteiger partial charge in [0.25, 0.3) is 0 Å². The van der Waals surface area contributed by atoms with E-state index in [1.54, 1.807) is 6.07 Å². The molecule has 2 N–H and O–H groups in total. The summed E-state index contributed by atoms with van der Waals surface area (Å²) in [6.45, 7) is 2.37. The Kier molecular flexibility index (Phi) is 6.52. The van der Waals surface area contributed by atoms with Gasteiger partial charge < -0.3 is 10.1 Å². The van der Waals surface area contributed by atoms with Gasteiger partial charge in [-0.3, -0.25) is 9.59 Å². The van der Waals surface area contributed by atoms with Crippen LogP contribution in [0.5, 0.6) is 5.75 Å². The van der Waals surface area contributed by atoms with Crippen molar-refractivity contribution in [2.75, 3.05) is 11.9 Å². The number of hydrogen-bond donors (Lipinski definition) is 2. The predicted molar refractivity (Wildman–Crippen MR) is 111 cm³/mol. The van der Waals surface area contributed by atoms with Gasteiger partial charge in [-0.15, -0.1) is 0 Å². The van der Waals surface area contributed by atoms with E-state index in [1.165, 1.54) is 24.4 Å². The van der Waals surface area contributed by atoms with Crippen LogP contribution in [0.4, 0.5) is 10.1 Å². The van der Waals surface area contributed by atoms with Crippen LogP contribution in [0, 0.1) is 5.82 Å². The number of hydrogen-bond acceptors (Lipinski definition) is 4. The molecule has 0 bridgehead atoms. The smallest absolute Gasteiger partial charge is 0.249 e. The average Bonchev–Trinajstić information content (AvgIpc) is 2.71. The predicted octanol–water partition coefficient (Wildman–Crippen LogP) is 3.86. The quantitative estimate of drug-likeness (QED) is 0.363. The lowest BCUT2D eigenvalue weighted by molar-refractivity contribution is -0.126. The average molecular weight is 393 g/mol. The number of rotatable bonds is 7. The highest BCUT2D eigenvalue weighted by atomic mass is 19.1. The monoisotopic (exact) mass is 393 g/mol. The van der Waals surface area contributed by atoms with E-state index in [0.717, 1.165) is 16.3 Å². The highest BCUT2D eigenvalue weighted by Crippen LogP contribution is 2.26. The van der Waals surface area contributed by atoms with Crippen molar-refractivity contribution in [1.82, 2.24) is 5.43 Å². The highest BCUT2D eigenvalue weighted by molar-refractivity contribution is 6.05. The minimum Gasteiger partial charge on any atom is -0.493 e. The Hall–Kier alpha value is -3.74. The van der Waals surface area contributed by atoms with Crippen LogP contribution in [0.25, 0.3) is 10.8 Å². The zero-order valence-corrected chi connectivity index (χ0v) is 15.8. The molecule has 29 heavy (non-hydrogen) atoms. The Morgan fingerprint density at radius 1 is 1.03 bits per heavy atom. The number of nitrogens with one attached hydrogen (secondary N) is 2. The maximum absolute atomic E-state index is 13.6. The van der Waals surface area contributed by atoms with Gasteiger partial charge in [0, 0.05) is 5.56 Å². The summed E-state index contributed by atoms with van der Waals surface area (Å²) in [5.74, 6) is -1.18. The largest absolute Gasteiger partial charge is 0.493 e. The van der Waals surface area contributed by atoms with E-state index in [0.29, 0.717) is 12.4 Å². The van der Waals surface area contributed by atoms with Crippen molar-refractivity contribution < 1.29 is 18.7 Å². The van der Waals surface area contributed by atoms with Crippen molar-refractivity contribution >= 4 is 34.5 Å². The summed E-state index contributed by atoms with van der Waals surface area (Å²) in [6.07, 6.45) is 1.000. The maximum atomic E-state index is 13.6. The number of hydrazone groups is 1. The molecule has 0 radical (unpaired) electrons. The van der Waals surface area contributed by atoms with Crippen LogP contribution < -0.4 is 15.5 Å². The lowest BCUT2D eigenvalue weighted by Crippen LogP contribution is -2.25. The normalized spacial score (nSPS) is 10.8. The number of benzene rings is 3. The molecule has 3 rings (SSSR count). The summed E-state index contributed by atoms with van der Waals surface area (Å²) >= 11 is 0. The Morgan fingerprint density at radius 2 is 1.79 bits per heavy atom. The summed E-state index contributed by atoms with van der Waals surface area (Å²) in [6, 6.07) is 17.3. The van der Waals surface area contributed by atoms with E-state index in [2.05, 4.69) is 15.8 Å². The SMILES string of the molecule is CCOc1ccc2ccccc2c1C=NNC(=O)CC(=O)Nc1ccccc1F. The number of para-hydroxylation sites is 1. The van der Waals surface area contributed by atoms with Crippen LogP contribution in [0.15, 0.2) is 65.8 Å². The minimum absolute atomic E-state index is 0.0194. The zero-order valence-electron chi connectivity index (χ0n) is 15.8. The van der Waals surface area contributed by atoms with Crippen LogP contribution >= 0.6 is 0 Å². The number of carbonyl (C=O) groups is 2. The number of amides is 2. The molecule has 0 aliphatic carbocycles. The fourth-order valence-electron chi connectivity index (χ4n) is 2.80. The second-order valence-electron chi connectivity index (χ2n) is 6.13. The number of halogens is 1. The lowest BCUT2D eigenvalue weighted by atomic mass is 10.0. The Labute approximate surface area is 167 Å². The standard InChI is InChI=1S/C22H20FN3O3/c1-2-29-20-12-11-15-7-3-4-8-16(15)17(20)14-24-26-22(28)13-21(27)25-19-10-6-5-9-18(19)23/h3-12,14H,2,13H2,1H3,(H,25,27)(H,26,28). The molecule has 3 aromatic rings.